The Morgan fingerprint density at radius 1 is 0.952 bits per heavy atom. The number of halogens is 3. The number of alkyl halides is 1. The average molecular weight is 342 g/mol. The maximum absolute atomic E-state index is 6.67. The zero-order valence-electron chi connectivity index (χ0n) is 12.5. The first-order valence-electron chi connectivity index (χ1n) is 6.96. The normalized spacial score (nSPS) is 13.2. The quantitative estimate of drug-likeness (QED) is 0.538. The molecule has 0 aliphatic rings. The minimum absolute atomic E-state index is 0.0708. The maximum Gasteiger partial charge on any atom is 0.0628 e. The molecule has 1 atom stereocenters. The van der Waals surface area contributed by atoms with Crippen LogP contribution in [0.4, 0.5) is 0 Å². The van der Waals surface area contributed by atoms with Crippen molar-refractivity contribution in [2.24, 2.45) is 0 Å². The molecular weight excluding hydrogens is 323 g/mol. The molecule has 0 saturated carbocycles. The van der Waals surface area contributed by atoms with Crippen LogP contribution in [-0.2, 0) is 11.8 Å². The summed E-state index contributed by atoms with van der Waals surface area (Å²) in [6, 6.07) is 14.0. The van der Waals surface area contributed by atoms with Crippen LogP contribution in [-0.4, -0.2) is 0 Å². The van der Waals surface area contributed by atoms with Crippen LogP contribution in [0, 0.1) is 0 Å². The summed E-state index contributed by atoms with van der Waals surface area (Å²) in [5.74, 6) is 0. The van der Waals surface area contributed by atoms with Crippen LogP contribution in [0.2, 0.25) is 10.0 Å². The zero-order chi connectivity index (χ0) is 15.6. The Bertz CT molecular complexity index is 627. The fourth-order valence-electron chi connectivity index (χ4n) is 2.44. The predicted octanol–water partition coefficient (Wildman–Crippen LogP) is 6.81. The molecule has 0 radical (unpaired) electrons. The van der Waals surface area contributed by atoms with Crippen molar-refractivity contribution in [1.82, 2.24) is 0 Å². The van der Waals surface area contributed by atoms with Gasteiger partial charge in [0.1, 0.15) is 0 Å². The summed E-state index contributed by atoms with van der Waals surface area (Å²) in [4.78, 5) is 0. The lowest BCUT2D eigenvalue weighted by Crippen LogP contribution is -2.15. The van der Waals surface area contributed by atoms with Gasteiger partial charge in [-0.05, 0) is 40.7 Å². The first-order valence-corrected chi connectivity index (χ1v) is 8.15. The Kier molecular flexibility index (Phi) is 5.24. The molecule has 0 nitrogen and oxygen atoms in total. The summed E-state index contributed by atoms with van der Waals surface area (Å²) < 4.78 is 0. The Morgan fingerprint density at radius 3 is 2.24 bits per heavy atom. The van der Waals surface area contributed by atoms with E-state index < -0.39 is 0 Å². The maximum atomic E-state index is 6.67. The smallest absolute Gasteiger partial charge is 0.0628 e. The molecule has 1 unspecified atom stereocenters. The number of hydrogen-bond donors (Lipinski definition) is 0. The van der Waals surface area contributed by atoms with Crippen molar-refractivity contribution < 1.29 is 0 Å². The highest BCUT2D eigenvalue weighted by molar-refractivity contribution is 6.42. The number of rotatable bonds is 3. The van der Waals surface area contributed by atoms with Crippen LogP contribution in [0.15, 0.2) is 42.5 Å². The highest BCUT2D eigenvalue weighted by atomic mass is 35.5. The molecule has 0 aliphatic carbocycles. The van der Waals surface area contributed by atoms with Gasteiger partial charge in [-0.25, -0.2) is 0 Å². The molecule has 0 fully saturated rings. The molecule has 0 spiro atoms. The van der Waals surface area contributed by atoms with Crippen molar-refractivity contribution in [3.05, 3.63) is 69.2 Å². The molecule has 2 rings (SSSR count). The molecule has 0 bridgehead atoms. The Hall–Kier alpha value is -0.690. The topological polar surface area (TPSA) is 0 Å². The first kappa shape index (κ1) is 16.7. The van der Waals surface area contributed by atoms with Crippen molar-refractivity contribution in [2.75, 3.05) is 0 Å². The summed E-state index contributed by atoms with van der Waals surface area (Å²) in [6.07, 6.45) is 0.728. The van der Waals surface area contributed by atoms with E-state index in [-0.39, 0.29) is 10.8 Å². The van der Waals surface area contributed by atoms with Crippen molar-refractivity contribution >= 4 is 34.8 Å². The van der Waals surface area contributed by atoms with E-state index in [1.165, 1.54) is 11.1 Å². The van der Waals surface area contributed by atoms with Gasteiger partial charge in [0.25, 0.3) is 0 Å². The molecule has 0 saturated heterocycles. The molecular formula is C18H19Cl3. The van der Waals surface area contributed by atoms with Gasteiger partial charge in [0.15, 0.2) is 0 Å². The van der Waals surface area contributed by atoms with Crippen LogP contribution in [0.25, 0.3) is 0 Å². The summed E-state index contributed by atoms with van der Waals surface area (Å²) in [5.41, 5.74) is 3.62. The van der Waals surface area contributed by atoms with Crippen molar-refractivity contribution in [3.63, 3.8) is 0 Å². The predicted molar refractivity (Wildman–Crippen MR) is 93.9 cm³/mol. The minimum atomic E-state index is -0.0855. The van der Waals surface area contributed by atoms with E-state index in [1.54, 1.807) is 0 Å². The average Bonchev–Trinajstić information content (AvgIpc) is 2.42. The standard InChI is InChI=1S/C18H19Cl3/c1-18(2,3)14-7-5-4-6-13(14)16(20)10-12-8-9-15(19)17(21)11-12/h4-9,11,16H,10H2,1-3H3. The summed E-state index contributed by atoms with van der Waals surface area (Å²) >= 11 is 18.7. The van der Waals surface area contributed by atoms with Crippen molar-refractivity contribution in [2.45, 2.75) is 38.0 Å². The van der Waals surface area contributed by atoms with Crippen molar-refractivity contribution in [1.29, 1.82) is 0 Å². The second kappa shape index (κ2) is 6.60. The monoisotopic (exact) mass is 340 g/mol. The highest BCUT2D eigenvalue weighted by Crippen LogP contribution is 2.35. The summed E-state index contributed by atoms with van der Waals surface area (Å²) in [5, 5.41) is 1.06. The van der Waals surface area contributed by atoms with Gasteiger partial charge in [-0.15, -0.1) is 11.6 Å². The second-order valence-electron chi connectivity index (χ2n) is 6.26. The molecule has 2 aromatic carbocycles. The SMILES string of the molecule is CC(C)(C)c1ccccc1C(Cl)Cc1ccc(Cl)c(Cl)c1. The number of benzene rings is 2. The van der Waals surface area contributed by atoms with Gasteiger partial charge in [-0.2, -0.15) is 0 Å². The van der Waals surface area contributed by atoms with Crippen molar-refractivity contribution in [3.8, 4) is 0 Å². The Balaban J connectivity index is 2.28. The van der Waals surface area contributed by atoms with Gasteiger partial charge in [-0.3, -0.25) is 0 Å². The van der Waals surface area contributed by atoms with Gasteiger partial charge in [0.05, 0.1) is 15.4 Å². The summed E-state index contributed by atoms with van der Waals surface area (Å²) in [6.45, 7) is 6.61. The first-order chi connectivity index (χ1) is 9.79. The number of hydrogen-bond acceptors (Lipinski definition) is 0. The molecule has 0 amide bonds. The zero-order valence-corrected chi connectivity index (χ0v) is 14.7. The molecule has 0 aromatic heterocycles. The van der Waals surface area contributed by atoms with E-state index >= 15 is 0 Å². The van der Waals surface area contributed by atoms with E-state index in [0.717, 1.165) is 12.0 Å². The molecule has 0 heterocycles. The lowest BCUT2D eigenvalue weighted by Gasteiger charge is -2.25. The van der Waals surface area contributed by atoms with E-state index in [9.17, 15) is 0 Å². The van der Waals surface area contributed by atoms with Crippen LogP contribution in [0.3, 0.4) is 0 Å². The largest absolute Gasteiger partial charge is 0.117 e. The fraction of sp³-hybridized carbons (Fsp3) is 0.333. The Morgan fingerprint density at radius 2 is 1.62 bits per heavy atom. The van der Waals surface area contributed by atoms with Crippen LogP contribution < -0.4 is 0 Å². The molecule has 0 aliphatic heterocycles. The van der Waals surface area contributed by atoms with Crippen LogP contribution >= 0.6 is 34.8 Å². The van der Waals surface area contributed by atoms with E-state index in [1.807, 2.05) is 24.3 Å². The van der Waals surface area contributed by atoms with Crippen LogP contribution in [0.1, 0.15) is 42.8 Å². The van der Waals surface area contributed by atoms with Gasteiger partial charge >= 0.3 is 0 Å². The third-order valence-electron chi connectivity index (χ3n) is 3.51. The molecule has 3 heteroatoms. The van der Waals surface area contributed by atoms with E-state index in [2.05, 4.69) is 39.0 Å². The lowest BCUT2D eigenvalue weighted by atomic mass is 9.82. The molecule has 21 heavy (non-hydrogen) atoms. The van der Waals surface area contributed by atoms with E-state index in [0.29, 0.717) is 10.0 Å². The van der Waals surface area contributed by atoms with Crippen LogP contribution in [0.5, 0.6) is 0 Å². The fourth-order valence-corrected chi connectivity index (χ4v) is 3.13. The highest BCUT2D eigenvalue weighted by Gasteiger charge is 2.21. The minimum Gasteiger partial charge on any atom is -0.117 e. The summed E-state index contributed by atoms with van der Waals surface area (Å²) in [7, 11) is 0. The third-order valence-corrected chi connectivity index (χ3v) is 4.63. The van der Waals surface area contributed by atoms with Gasteiger partial charge < -0.3 is 0 Å². The second-order valence-corrected chi connectivity index (χ2v) is 7.60. The van der Waals surface area contributed by atoms with Gasteiger partial charge in [0.2, 0.25) is 0 Å². The van der Waals surface area contributed by atoms with E-state index in [4.69, 9.17) is 34.8 Å². The Labute approximate surface area is 142 Å². The molecule has 0 N–H and O–H groups in total. The third kappa shape index (κ3) is 4.16. The lowest BCUT2D eigenvalue weighted by molar-refractivity contribution is 0.580. The molecule has 112 valence electrons. The molecule has 2 aromatic rings. The van der Waals surface area contributed by atoms with Gasteiger partial charge in [0, 0.05) is 0 Å². The van der Waals surface area contributed by atoms with Gasteiger partial charge in [-0.1, -0.05) is 74.3 Å².